The van der Waals surface area contributed by atoms with E-state index in [1.807, 2.05) is 6.92 Å². The van der Waals surface area contributed by atoms with Gasteiger partial charge in [0.05, 0.1) is 4.92 Å². The molecule has 1 aromatic rings. The number of halogens is 2. The predicted octanol–water partition coefficient (Wildman–Crippen LogP) is 3.86. The Morgan fingerprint density at radius 2 is 2.16 bits per heavy atom. The molecular weight excluding hydrogens is 254 g/mol. The third-order valence-electron chi connectivity index (χ3n) is 3.57. The van der Waals surface area contributed by atoms with Crippen molar-refractivity contribution in [3.8, 4) is 0 Å². The SMILES string of the molecule is CC(CC1CCC1)Nc1c([N+](=O)[O-])ccc(F)c1F. The minimum atomic E-state index is -1.19. The molecule has 0 spiro atoms. The quantitative estimate of drug-likeness (QED) is 0.652. The number of hydrogen-bond donors (Lipinski definition) is 1. The molecule has 1 aliphatic carbocycles. The van der Waals surface area contributed by atoms with Crippen LogP contribution >= 0.6 is 0 Å². The lowest BCUT2D eigenvalue weighted by molar-refractivity contribution is -0.384. The maximum atomic E-state index is 13.7. The second-order valence-corrected chi connectivity index (χ2v) is 5.09. The van der Waals surface area contributed by atoms with E-state index in [1.54, 1.807) is 0 Å². The van der Waals surface area contributed by atoms with Gasteiger partial charge in [-0.15, -0.1) is 0 Å². The van der Waals surface area contributed by atoms with Crippen LogP contribution in [0.2, 0.25) is 0 Å². The summed E-state index contributed by atoms with van der Waals surface area (Å²) in [7, 11) is 0. The van der Waals surface area contributed by atoms with Crippen molar-refractivity contribution in [1.82, 2.24) is 0 Å². The Morgan fingerprint density at radius 1 is 1.47 bits per heavy atom. The number of nitro benzene ring substituents is 1. The average molecular weight is 270 g/mol. The number of rotatable bonds is 5. The van der Waals surface area contributed by atoms with Crippen LogP contribution in [-0.2, 0) is 0 Å². The third-order valence-corrected chi connectivity index (χ3v) is 3.57. The molecule has 0 heterocycles. The Balaban J connectivity index is 2.16. The minimum Gasteiger partial charge on any atom is -0.375 e. The molecule has 1 aromatic carbocycles. The molecule has 0 amide bonds. The molecule has 1 atom stereocenters. The van der Waals surface area contributed by atoms with Gasteiger partial charge in [-0.1, -0.05) is 19.3 Å². The highest BCUT2D eigenvalue weighted by Gasteiger charge is 2.25. The number of nitrogens with zero attached hydrogens (tertiary/aromatic N) is 1. The highest BCUT2D eigenvalue weighted by molar-refractivity contribution is 5.62. The Morgan fingerprint density at radius 3 is 2.68 bits per heavy atom. The highest BCUT2D eigenvalue weighted by atomic mass is 19.2. The van der Waals surface area contributed by atoms with Crippen LogP contribution in [0.5, 0.6) is 0 Å². The summed E-state index contributed by atoms with van der Waals surface area (Å²) < 4.78 is 26.8. The van der Waals surface area contributed by atoms with Crippen molar-refractivity contribution in [2.75, 3.05) is 5.32 Å². The first kappa shape index (κ1) is 13.7. The van der Waals surface area contributed by atoms with Gasteiger partial charge in [0.25, 0.3) is 5.69 Å². The molecule has 1 N–H and O–H groups in total. The number of anilines is 1. The van der Waals surface area contributed by atoms with E-state index in [-0.39, 0.29) is 11.7 Å². The maximum Gasteiger partial charge on any atom is 0.295 e. The van der Waals surface area contributed by atoms with Crippen molar-refractivity contribution in [2.24, 2.45) is 5.92 Å². The number of nitrogens with one attached hydrogen (secondary N) is 1. The fourth-order valence-corrected chi connectivity index (χ4v) is 2.36. The van der Waals surface area contributed by atoms with Crippen LogP contribution in [0.15, 0.2) is 12.1 Å². The summed E-state index contributed by atoms with van der Waals surface area (Å²) in [6, 6.07) is 1.63. The van der Waals surface area contributed by atoms with Crippen LogP contribution in [0.4, 0.5) is 20.2 Å². The summed E-state index contributed by atoms with van der Waals surface area (Å²) in [5, 5.41) is 13.6. The Labute approximate surface area is 110 Å². The van der Waals surface area contributed by atoms with E-state index >= 15 is 0 Å². The van der Waals surface area contributed by atoms with Crippen LogP contribution in [-0.4, -0.2) is 11.0 Å². The van der Waals surface area contributed by atoms with Crippen molar-refractivity contribution < 1.29 is 13.7 Å². The molecule has 104 valence electrons. The molecule has 2 rings (SSSR count). The maximum absolute atomic E-state index is 13.7. The van der Waals surface area contributed by atoms with Gasteiger partial charge in [-0.25, -0.2) is 8.78 Å². The summed E-state index contributed by atoms with van der Waals surface area (Å²) in [4.78, 5) is 10.1. The normalized spacial score (nSPS) is 16.8. The molecule has 1 unspecified atom stereocenters. The van der Waals surface area contributed by atoms with Crippen LogP contribution in [0.25, 0.3) is 0 Å². The summed E-state index contributed by atoms with van der Waals surface area (Å²) in [5.41, 5.74) is -0.781. The summed E-state index contributed by atoms with van der Waals surface area (Å²) in [5.74, 6) is -1.68. The molecule has 1 saturated carbocycles. The lowest BCUT2D eigenvalue weighted by atomic mass is 9.81. The smallest absolute Gasteiger partial charge is 0.295 e. The van der Waals surface area contributed by atoms with E-state index in [1.165, 1.54) is 6.42 Å². The van der Waals surface area contributed by atoms with Crippen molar-refractivity contribution >= 4 is 11.4 Å². The van der Waals surface area contributed by atoms with Gasteiger partial charge in [0.1, 0.15) is 0 Å². The first-order valence-corrected chi connectivity index (χ1v) is 6.38. The average Bonchev–Trinajstić information content (AvgIpc) is 2.29. The first-order chi connectivity index (χ1) is 8.99. The van der Waals surface area contributed by atoms with Crippen molar-refractivity contribution in [2.45, 2.75) is 38.6 Å². The Hall–Kier alpha value is -1.72. The predicted molar refractivity (Wildman–Crippen MR) is 68.1 cm³/mol. The summed E-state index contributed by atoms with van der Waals surface area (Å²) in [6.07, 6.45) is 4.29. The Bertz CT molecular complexity index is 490. The highest BCUT2D eigenvalue weighted by Crippen LogP contribution is 2.33. The zero-order valence-electron chi connectivity index (χ0n) is 10.7. The lowest BCUT2D eigenvalue weighted by Crippen LogP contribution is -2.24. The van der Waals surface area contributed by atoms with Crippen LogP contribution in [0.3, 0.4) is 0 Å². The largest absolute Gasteiger partial charge is 0.375 e. The number of benzene rings is 1. The number of nitro groups is 1. The molecule has 19 heavy (non-hydrogen) atoms. The molecular formula is C13H16F2N2O2. The van der Waals surface area contributed by atoms with Gasteiger partial charge in [0, 0.05) is 12.1 Å². The molecule has 0 bridgehead atoms. The van der Waals surface area contributed by atoms with E-state index in [0.29, 0.717) is 5.92 Å². The molecule has 0 aliphatic heterocycles. The van der Waals surface area contributed by atoms with Gasteiger partial charge in [-0.05, 0) is 25.3 Å². The fourth-order valence-electron chi connectivity index (χ4n) is 2.36. The van der Waals surface area contributed by atoms with E-state index in [9.17, 15) is 18.9 Å². The van der Waals surface area contributed by atoms with Gasteiger partial charge in [0.15, 0.2) is 17.3 Å². The summed E-state index contributed by atoms with van der Waals surface area (Å²) >= 11 is 0. The van der Waals surface area contributed by atoms with Crippen molar-refractivity contribution in [1.29, 1.82) is 0 Å². The monoisotopic (exact) mass is 270 g/mol. The molecule has 1 aliphatic rings. The number of hydrogen-bond acceptors (Lipinski definition) is 3. The van der Waals surface area contributed by atoms with E-state index < -0.39 is 22.2 Å². The molecule has 6 heteroatoms. The second-order valence-electron chi connectivity index (χ2n) is 5.09. The van der Waals surface area contributed by atoms with E-state index in [2.05, 4.69) is 5.32 Å². The Kier molecular flexibility index (Phi) is 3.97. The van der Waals surface area contributed by atoms with Crippen LogP contribution < -0.4 is 5.32 Å². The van der Waals surface area contributed by atoms with Crippen LogP contribution in [0.1, 0.15) is 32.6 Å². The van der Waals surface area contributed by atoms with Gasteiger partial charge in [-0.3, -0.25) is 10.1 Å². The topological polar surface area (TPSA) is 55.2 Å². The van der Waals surface area contributed by atoms with E-state index in [0.717, 1.165) is 31.4 Å². The van der Waals surface area contributed by atoms with E-state index in [4.69, 9.17) is 0 Å². The first-order valence-electron chi connectivity index (χ1n) is 6.38. The zero-order chi connectivity index (χ0) is 14.0. The standard InChI is InChI=1S/C13H16F2N2O2/c1-8(7-9-3-2-4-9)16-13-11(17(18)19)6-5-10(14)12(13)15/h5-6,8-9,16H,2-4,7H2,1H3. The minimum absolute atomic E-state index is 0.125. The van der Waals surface area contributed by atoms with Gasteiger partial charge in [0.2, 0.25) is 0 Å². The molecule has 0 aromatic heterocycles. The van der Waals surface area contributed by atoms with Crippen LogP contribution in [0, 0.1) is 27.7 Å². The lowest BCUT2D eigenvalue weighted by Gasteiger charge is -2.28. The molecule has 0 saturated heterocycles. The third kappa shape index (κ3) is 3.00. The molecule has 1 fully saturated rings. The zero-order valence-corrected chi connectivity index (χ0v) is 10.7. The second kappa shape index (κ2) is 5.50. The molecule has 4 nitrogen and oxygen atoms in total. The van der Waals surface area contributed by atoms with Gasteiger partial charge >= 0.3 is 0 Å². The van der Waals surface area contributed by atoms with Gasteiger partial charge < -0.3 is 5.32 Å². The fraction of sp³-hybridized carbons (Fsp3) is 0.538. The molecule has 0 radical (unpaired) electrons. The summed E-state index contributed by atoms with van der Waals surface area (Å²) in [6.45, 7) is 1.83. The van der Waals surface area contributed by atoms with Crippen molar-refractivity contribution in [3.05, 3.63) is 33.9 Å². The van der Waals surface area contributed by atoms with Gasteiger partial charge in [-0.2, -0.15) is 0 Å². The van der Waals surface area contributed by atoms with Crippen molar-refractivity contribution in [3.63, 3.8) is 0 Å².